The summed E-state index contributed by atoms with van der Waals surface area (Å²) in [5.41, 5.74) is 9.56. The summed E-state index contributed by atoms with van der Waals surface area (Å²) in [5.74, 6) is 1.33. The van der Waals surface area contributed by atoms with Crippen molar-refractivity contribution in [3.05, 3.63) is 59.9 Å². The predicted molar refractivity (Wildman–Crippen MR) is 151 cm³/mol. The lowest BCUT2D eigenvalue weighted by molar-refractivity contribution is -0.127. The number of pyridine rings is 1. The molecule has 1 amide bonds. The van der Waals surface area contributed by atoms with E-state index in [2.05, 4.69) is 14.3 Å². The monoisotopic (exact) mass is 550 g/mol. The zero-order valence-electron chi connectivity index (χ0n) is 22.1. The summed E-state index contributed by atoms with van der Waals surface area (Å²) < 4.78 is 35.8. The van der Waals surface area contributed by atoms with Crippen LogP contribution in [0.15, 0.2) is 53.4 Å². The van der Waals surface area contributed by atoms with E-state index in [9.17, 15) is 13.2 Å². The van der Waals surface area contributed by atoms with Crippen LogP contribution < -0.4 is 10.5 Å². The maximum atomic E-state index is 12.6. The molecular weight excluding hydrogens is 516 g/mol. The molecule has 5 rings (SSSR count). The molecule has 3 N–H and O–H groups in total. The van der Waals surface area contributed by atoms with Crippen LogP contribution in [0, 0.1) is 0 Å². The zero-order chi connectivity index (χ0) is 27.4. The van der Waals surface area contributed by atoms with Gasteiger partial charge in [0.1, 0.15) is 17.9 Å². The molecule has 3 heterocycles. The van der Waals surface area contributed by atoms with E-state index < -0.39 is 10.0 Å². The van der Waals surface area contributed by atoms with Crippen molar-refractivity contribution in [1.82, 2.24) is 24.2 Å². The second kappa shape index (κ2) is 11.7. The molecule has 10 nitrogen and oxygen atoms in total. The molecule has 4 aromatic rings. The van der Waals surface area contributed by atoms with Crippen molar-refractivity contribution in [2.75, 3.05) is 32.0 Å². The summed E-state index contributed by atoms with van der Waals surface area (Å²) in [6, 6.07) is 14.2. The highest BCUT2D eigenvalue weighted by Crippen LogP contribution is 2.30. The molecule has 1 aliphatic rings. The number of aromatic nitrogens is 3. The molecule has 1 fully saturated rings. The fraction of sp³-hybridized carbons (Fsp3) is 0.393. The van der Waals surface area contributed by atoms with Gasteiger partial charge in [0, 0.05) is 44.6 Å². The van der Waals surface area contributed by atoms with E-state index in [1.807, 2.05) is 30.0 Å². The summed E-state index contributed by atoms with van der Waals surface area (Å²) >= 11 is 0. The number of anilines is 1. The van der Waals surface area contributed by atoms with E-state index in [1.54, 1.807) is 30.3 Å². The SMILES string of the molecule is CCOCc1nc2c(N)nc3ccc(CCNS(=O)(=O)c4ccccc4)cc3c2n1CCCN1CCCC1=O. The largest absolute Gasteiger partial charge is 0.382 e. The molecule has 2 aromatic carbocycles. The third-order valence-corrected chi connectivity index (χ3v) is 8.50. The second-order valence-corrected chi connectivity index (χ2v) is 11.4. The first-order valence-electron chi connectivity index (χ1n) is 13.3. The number of likely N-dealkylation sites (tertiary alicyclic amines) is 1. The average Bonchev–Trinajstić information content (AvgIpc) is 3.52. The van der Waals surface area contributed by atoms with Crippen molar-refractivity contribution in [3.8, 4) is 0 Å². The Balaban J connectivity index is 1.43. The molecule has 0 saturated carbocycles. The van der Waals surface area contributed by atoms with Gasteiger partial charge in [-0.3, -0.25) is 4.79 Å². The quantitative estimate of drug-likeness (QED) is 0.277. The number of aryl methyl sites for hydroxylation is 1. The van der Waals surface area contributed by atoms with E-state index in [1.165, 1.54) is 0 Å². The molecule has 1 aliphatic heterocycles. The number of nitrogens with zero attached hydrogens (tertiary/aromatic N) is 4. The maximum Gasteiger partial charge on any atom is 0.240 e. The number of fused-ring (bicyclic) bond motifs is 3. The van der Waals surface area contributed by atoms with Crippen molar-refractivity contribution < 1.29 is 17.9 Å². The number of sulfonamides is 1. The smallest absolute Gasteiger partial charge is 0.240 e. The van der Waals surface area contributed by atoms with E-state index in [-0.39, 0.29) is 17.3 Å². The Labute approximate surface area is 228 Å². The molecule has 0 unspecified atom stereocenters. The summed E-state index contributed by atoms with van der Waals surface area (Å²) in [6.45, 7) is 5.26. The summed E-state index contributed by atoms with van der Waals surface area (Å²) in [7, 11) is -3.58. The normalized spacial score (nSPS) is 14.2. The van der Waals surface area contributed by atoms with Gasteiger partial charge in [0.2, 0.25) is 15.9 Å². The third kappa shape index (κ3) is 5.90. The Bertz CT molecular complexity index is 1590. The van der Waals surface area contributed by atoms with Crippen LogP contribution in [-0.2, 0) is 39.1 Å². The van der Waals surface area contributed by atoms with E-state index in [0.29, 0.717) is 50.5 Å². The predicted octanol–water partition coefficient (Wildman–Crippen LogP) is 3.24. The van der Waals surface area contributed by atoms with E-state index >= 15 is 0 Å². The molecule has 39 heavy (non-hydrogen) atoms. The van der Waals surface area contributed by atoms with E-state index in [0.717, 1.165) is 47.2 Å². The summed E-state index contributed by atoms with van der Waals surface area (Å²) in [6.07, 6.45) is 2.83. The van der Waals surface area contributed by atoms with Gasteiger partial charge in [-0.25, -0.2) is 23.1 Å². The van der Waals surface area contributed by atoms with Gasteiger partial charge >= 0.3 is 0 Å². The Morgan fingerprint density at radius 2 is 1.92 bits per heavy atom. The van der Waals surface area contributed by atoms with Gasteiger partial charge in [-0.05, 0) is 56.0 Å². The topological polar surface area (TPSA) is 132 Å². The van der Waals surface area contributed by atoms with Gasteiger partial charge in [0.05, 0.1) is 15.9 Å². The Morgan fingerprint density at radius 3 is 2.67 bits per heavy atom. The van der Waals surface area contributed by atoms with E-state index in [4.69, 9.17) is 15.5 Å². The molecule has 0 atom stereocenters. The molecule has 11 heteroatoms. The number of carbonyl (C=O) groups is 1. The lowest BCUT2D eigenvalue weighted by Crippen LogP contribution is -2.26. The number of hydrogen-bond acceptors (Lipinski definition) is 7. The van der Waals surface area contributed by atoms with Crippen molar-refractivity contribution in [1.29, 1.82) is 0 Å². The fourth-order valence-corrected chi connectivity index (χ4v) is 6.13. The van der Waals surface area contributed by atoms with Gasteiger partial charge in [-0.15, -0.1) is 0 Å². The van der Waals surface area contributed by atoms with Gasteiger partial charge < -0.3 is 19.9 Å². The first-order valence-corrected chi connectivity index (χ1v) is 14.8. The first kappa shape index (κ1) is 27.0. The Morgan fingerprint density at radius 1 is 1.10 bits per heavy atom. The number of hydrogen-bond donors (Lipinski definition) is 2. The van der Waals surface area contributed by atoms with Crippen LogP contribution in [0.4, 0.5) is 5.82 Å². The molecule has 0 spiro atoms. The number of imidazole rings is 1. The van der Waals surface area contributed by atoms with Gasteiger partial charge in [0.15, 0.2) is 5.82 Å². The molecule has 2 aromatic heterocycles. The van der Waals surface area contributed by atoms with Gasteiger partial charge in [0.25, 0.3) is 0 Å². The van der Waals surface area contributed by atoms with Crippen LogP contribution in [0.2, 0.25) is 0 Å². The number of nitrogens with one attached hydrogen (secondary N) is 1. The standard InChI is InChI=1S/C28H34N6O4S/c1-2-38-19-24-32-26-27(34(24)17-7-16-33-15-6-10-25(33)35)22-18-20(11-12-23(22)31-28(26)29)13-14-30-39(36,37)21-8-4-3-5-9-21/h3-5,8-9,11-12,18,30H,2,6-7,10,13-17,19H2,1H3,(H2,29,31). The van der Waals surface area contributed by atoms with Crippen LogP contribution in [0.25, 0.3) is 21.9 Å². The van der Waals surface area contributed by atoms with Crippen molar-refractivity contribution in [2.45, 2.75) is 50.7 Å². The Hall–Kier alpha value is -3.54. The number of nitrogens with two attached hydrogens (primary N) is 1. The van der Waals surface area contributed by atoms with Crippen LogP contribution in [0.5, 0.6) is 0 Å². The second-order valence-electron chi connectivity index (χ2n) is 9.66. The molecule has 206 valence electrons. The fourth-order valence-electron chi connectivity index (χ4n) is 5.08. The summed E-state index contributed by atoms with van der Waals surface area (Å²) in [4.78, 5) is 23.6. The van der Waals surface area contributed by atoms with Gasteiger partial charge in [-0.2, -0.15) is 0 Å². The maximum absolute atomic E-state index is 12.6. The minimum atomic E-state index is -3.58. The highest BCUT2D eigenvalue weighted by atomic mass is 32.2. The number of amides is 1. The molecule has 0 radical (unpaired) electrons. The first-order chi connectivity index (χ1) is 18.9. The number of nitrogen functional groups attached to an aromatic ring is 1. The lowest BCUT2D eigenvalue weighted by Gasteiger charge is -2.17. The highest BCUT2D eigenvalue weighted by Gasteiger charge is 2.21. The summed E-state index contributed by atoms with van der Waals surface area (Å²) in [5, 5.41) is 0.898. The molecule has 0 bridgehead atoms. The van der Waals surface area contributed by atoms with Crippen LogP contribution in [-0.4, -0.2) is 60.0 Å². The number of benzene rings is 2. The third-order valence-electron chi connectivity index (χ3n) is 7.02. The van der Waals surface area contributed by atoms with Gasteiger partial charge in [-0.1, -0.05) is 24.3 Å². The molecule has 0 aliphatic carbocycles. The van der Waals surface area contributed by atoms with Crippen LogP contribution in [0.3, 0.4) is 0 Å². The lowest BCUT2D eigenvalue weighted by atomic mass is 10.1. The zero-order valence-corrected chi connectivity index (χ0v) is 22.9. The average molecular weight is 551 g/mol. The highest BCUT2D eigenvalue weighted by molar-refractivity contribution is 7.89. The van der Waals surface area contributed by atoms with Crippen LogP contribution >= 0.6 is 0 Å². The van der Waals surface area contributed by atoms with Crippen molar-refractivity contribution in [2.24, 2.45) is 0 Å². The number of rotatable bonds is 12. The molecular formula is C28H34N6O4S. The van der Waals surface area contributed by atoms with Crippen LogP contribution in [0.1, 0.15) is 37.6 Å². The molecule has 1 saturated heterocycles. The van der Waals surface area contributed by atoms with Crippen molar-refractivity contribution >= 4 is 43.7 Å². The minimum Gasteiger partial charge on any atom is -0.382 e. The minimum absolute atomic E-state index is 0.214. The van der Waals surface area contributed by atoms with Crippen molar-refractivity contribution in [3.63, 3.8) is 0 Å². The number of ether oxygens (including phenoxy) is 1. The number of carbonyl (C=O) groups excluding carboxylic acids is 1. The Kier molecular flexibility index (Phi) is 8.10.